The monoisotopic (exact) mass is 317 g/mol. The summed E-state index contributed by atoms with van der Waals surface area (Å²) in [4.78, 5) is 8.34. The first-order chi connectivity index (χ1) is 11.2. The van der Waals surface area contributed by atoms with E-state index in [4.69, 9.17) is 9.84 Å². The number of likely N-dealkylation sites (N-methyl/N-ethyl adjacent to an activating group) is 2. The van der Waals surface area contributed by atoms with Crippen LogP contribution in [0.1, 0.15) is 12.8 Å². The molecule has 0 spiro atoms. The van der Waals surface area contributed by atoms with Gasteiger partial charge in [0.2, 0.25) is 0 Å². The fourth-order valence-electron chi connectivity index (χ4n) is 2.63. The van der Waals surface area contributed by atoms with Crippen LogP contribution in [0.5, 0.6) is 5.75 Å². The third kappa shape index (κ3) is 5.69. The van der Waals surface area contributed by atoms with Crippen LogP contribution in [0.2, 0.25) is 0 Å². The number of ether oxygens (including phenoxy) is 1. The summed E-state index contributed by atoms with van der Waals surface area (Å²) >= 11 is 0. The van der Waals surface area contributed by atoms with Gasteiger partial charge in [0.1, 0.15) is 12.4 Å². The van der Waals surface area contributed by atoms with E-state index in [0.717, 1.165) is 12.4 Å². The van der Waals surface area contributed by atoms with Crippen LogP contribution in [-0.4, -0.2) is 65.8 Å². The minimum Gasteiger partial charge on any atom is -0.490 e. The van der Waals surface area contributed by atoms with E-state index in [-0.39, 0.29) is 12.6 Å². The van der Waals surface area contributed by atoms with Crippen molar-refractivity contribution in [2.45, 2.75) is 24.9 Å². The van der Waals surface area contributed by atoms with Crippen LogP contribution in [0.25, 0.3) is 0 Å². The summed E-state index contributed by atoms with van der Waals surface area (Å²) in [6.45, 7) is 2.17. The average Bonchev–Trinajstić information content (AvgIpc) is 3.00. The number of aliphatic hydroxyl groups is 1. The Balaban J connectivity index is 0.000000185. The summed E-state index contributed by atoms with van der Waals surface area (Å²) in [6.07, 6.45) is 13.9. The Hall–Kier alpha value is -1.85. The fraction of sp³-hybridized carbons (Fsp3) is 0.500. The van der Waals surface area contributed by atoms with Crippen LogP contribution in [0.15, 0.2) is 49.0 Å². The second kappa shape index (κ2) is 9.33. The van der Waals surface area contributed by atoms with Gasteiger partial charge < -0.3 is 19.6 Å². The van der Waals surface area contributed by atoms with Crippen LogP contribution < -0.4 is 4.74 Å². The molecule has 0 unspecified atom stereocenters. The molecule has 0 saturated carbocycles. The highest BCUT2D eigenvalue weighted by atomic mass is 16.5. The lowest BCUT2D eigenvalue weighted by Crippen LogP contribution is -2.30. The van der Waals surface area contributed by atoms with Crippen molar-refractivity contribution in [3.05, 3.63) is 49.0 Å². The molecule has 0 bridgehead atoms. The molecular formula is C18H27N3O2. The third-order valence-corrected chi connectivity index (χ3v) is 4.22. The Morgan fingerprint density at radius 3 is 2.78 bits per heavy atom. The lowest BCUT2D eigenvalue weighted by atomic mass is 10.2. The van der Waals surface area contributed by atoms with Gasteiger partial charge in [0.05, 0.1) is 18.8 Å². The maximum atomic E-state index is 8.73. The van der Waals surface area contributed by atoms with E-state index in [0.29, 0.717) is 6.04 Å². The predicted molar refractivity (Wildman–Crippen MR) is 92.3 cm³/mol. The molecule has 1 aromatic heterocycles. The summed E-state index contributed by atoms with van der Waals surface area (Å²) in [6, 6.07) is 4.60. The van der Waals surface area contributed by atoms with Crippen LogP contribution >= 0.6 is 0 Å². The van der Waals surface area contributed by atoms with Crippen LogP contribution in [0.4, 0.5) is 0 Å². The van der Waals surface area contributed by atoms with Gasteiger partial charge in [0.15, 0.2) is 0 Å². The zero-order chi connectivity index (χ0) is 16.5. The molecular weight excluding hydrogens is 290 g/mol. The first-order valence-electron chi connectivity index (χ1n) is 8.11. The van der Waals surface area contributed by atoms with E-state index in [1.54, 1.807) is 12.4 Å². The van der Waals surface area contributed by atoms with Crippen molar-refractivity contribution in [3.8, 4) is 5.75 Å². The quantitative estimate of drug-likeness (QED) is 0.919. The van der Waals surface area contributed by atoms with E-state index in [1.165, 1.54) is 19.4 Å². The van der Waals surface area contributed by atoms with Gasteiger partial charge in [-0.1, -0.05) is 12.2 Å². The molecule has 1 aromatic rings. The van der Waals surface area contributed by atoms with Gasteiger partial charge >= 0.3 is 0 Å². The number of pyridine rings is 1. The summed E-state index contributed by atoms with van der Waals surface area (Å²) in [5.41, 5.74) is 0. The number of nitrogens with zero attached hydrogens (tertiary/aromatic N) is 3. The van der Waals surface area contributed by atoms with Crippen molar-refractivity contribution >= 4 is 0 Å². The van der Waals surface area contributed by atoms with Crippen LogP contribution in [0.3, 0.4) is 0 Å². The molecule has 5 nitrogen and oxygen atoms in total. The highest BCUT2D eigenvalue weighted by Crippen LogP contribution is 2.16. The predicted octanol–water partition coefficient (Wildman–Crippen LogP) is 1.92. The average molecular weight is 317 g/mol. The smallest absolute Gasteiger partial charge is 0.137 e. The van der Waals surface area contributed by atoms with Gasteiger partial charge in [-0.05, 0) is 50.8 Å². The molecule has 2 atom stereocenters. The molecule has 1 saturated heterocycles. The Morgan fingerprint density at radius 1 is 1.35 bits per heavy atom. The zero-order valence-corrected chi connectivity index (χ0v) is 14.0. The minimum atomic E-state index is 0.176. The van der Waals surface area contributed by atoms with Gasteiger partial charge in [0.25, 0.3) is 0 Å². The molecule has 126 valence electrons. The molecule has 3 heterocycles. The lowest BCUT2D eigenvalue weighted by molar-refractivity contribution is 0.198. The van der Waals surface area contributed by atoms with Crippen molar-refractivity contribution in [2.75, 3.05) is 33.9 Å². The molecule has 2 aliphatic rings. The standard InChI is InChI=1S/C11H16N2O.C7H11NO/c1-13-7-3-4-10(13)9-14-11-5-2-6-12-8-11;1-8-5-3-2-4-7(8)6-9/h2,5-6,8,10H,3-4,7,9H2,1H3;2-5,7,9H,6H2,1H3/t10-;7-/m00/s1. The van der Waals surface area contributed by atoms with Crippen LogP contribution in [0, 0.1) is 0 Å². The molecule has 0 radical (unpaired) electrons. The van der Waals surface area contributed by atoms with E-state index >= 15 is 0 Å². The van der Waals surface area contributed by atoms with Gasteiger partial charge in [0, 0.05) is 19.3 Å². The minimum absolute atomic E-state index is 0.176. The Kier molecular flexibility index (Phi) is 7.10. The molecule has 0 aliphatic carbocycles. The van der Waals surface area contributed by atoms with Crippen LogP contribution in [-0.2, 0) is 0 Å². The van der Waals surface area contributed by atoms with Gasteiger partial charge in [-0.15, -0.1) is 0 Å². The first kappa shape index (κ1) is 17.5. The Bertz CT molecular complexity index is 504. The lowest BCUT2D eigenvalue weighted by Gasteiger charge is -2.23. The fourth-order valence-corrected chi connectivity index (χ4v) is 2.63. The topological polar surface area (TPSA) is 48.8 Å². The molecule has 0 amide bonds. The highest BCUT2D eigenvalue weighted by molar-refractivity contribution is 5.15. The normalized spacial score (nSPS) is 23.5. The molecule has 3 rings (SSSR count). The van der Waals surface area contributed by atoms with Gasteiger partial charge in [-0.2, -0.15) is 0 Å². The SMILES string of the molecule is CN1C=CC=C[C@H]1CO.CN1CCC[C@H]1COc1cccnc1. The number of likely N-dealkylation sites (tertiary alicyclic amines) is 1. The van der Waals surface area contributed by atoms with Gasteiger partial charge in [-0.25, -0.2) is 0 Å². The largest absolute Gasteiger partial charge is 0.490 e. The van der Waals surface area contributed by atoms with E-state index in [2.05, 4.69) is 16.9 Å². The van der Waals surface area contributed by atoms with E-state index in [9.17, 15) is 0 Å². The maximum absolute atomic E-state index is 8.73. The van der Waals surface area contributed by atoms with Gasteiger partial charge in [-0.3, -0.25) is 4.98 Å². The highest BCUT2D eigenvalue weighted by Gasteiger charge is 2.21. The second-order valence-electron chi connectivity index (χ2n) is 5.92. The molecule has 1 fully saturated rings. The maximum Gasteiger partial charge on any atom is 0.137 e. The second-order valence-corrected chi connectivity index (χ2v) is 5.92. The van der Waals surface area contributed by atoms with Crippen molar-refractivity contribution in [3.63, 3.8) is 0 Å². The van der Waals surface area contributed by atoms with E-state index < -0.39 is 0 Å². The summed E-state index contributed by atoms with van der Waals surface area (Å²) in [5, 5.41) is 8.73. The number of hydrogen-bond acceptors (Lipinski definition) is 5. The molecule has 0 aromatic carbocycles. The number of rotatable bonds is 4. The number of aromatic nitrogens is 1. The number of aliphatic hydroxyl groups excluding tert-OH is 1. The van der Waals surface area contributed by atoms with Crippen molar-refractivity contribution in [1.82, 2.24) is 14.8 Å². The summed E-state index contributed by atoms with van der Waals surface area (Å²) in [7, 11) is 4.10. The molecule has 23 heavy (non-hydrogen) atoms. The number of allylic oxidation sites excluding steroid dienone is 2. The van der Waals surface area contributed by atoms with E-state index in [1.807, 2.05) is 48.5 Å². The van der Waals surface area contributed by atoms with Crippen molar-refractivity contribution < 1.29 is 9.84 Å². The zero-order valence-electron chi connectivity index (χ0n) is 14.0. The molecule has 5 heteroatoms. The summed E-state index contributed by atoms with van der Waals surface area (Å²) in [5.74, 6) is 0.868. The Labute approximate surface area is 138 Å². The summed E-state index contributed by atoms with van der Waals surface area (Å²) < 4.78 is 5.66. The number of hydrogen-bond donors (Lipinski definition) is 1. The third-order valence-electron chi connectivity index (χ3n) is 4.22. The first-order valence-corrected chi connectivity index (χ1v) is 8.11. The van der Waals surface area contributed by atoms with Crippen molar-refractivity contribution in [2.24, 2.45) is 0 Å². The molecule has 2 aliphatic heterocycles. The Morgan fingerprint density at radius 2 is 2.22 bits per heavy atom. The van der Waals surface area contributed by atoms with Crippen molar-refractivity contribution in [1.29, 1.82) is 0 Å². The molecule has 1 N–H and O–H groups in total.